The Balaban J connectivity index is 1.85. The Morgan fingerprint density at radius 1 is 1.12 bits per heavy atom. The van der Waals surface area contributed by atoms with Crippen LogP contribution in [0.2, 0.25) is 5.02 Å². The second-order valence-electron chi connectivity index (χ2n) is 6.32. The molecule has 1 aliphatic rings. The SMILES string of the molecule is CS(=O)(=O)Nc1cc(C(=O)NC2(c3ccccc3)CCC2)ccc1Cl. The maximum atomic E-state index is 12.7. The molecule has 0 bridgehead atoms. The van der Waals surface area contributed by atoms with Crippen molar-refractivity contribution >= 4 is 33.2 Å². The fourth-order valence-electron chi connectivity index (χ4n) is 3.01. The fourth-order valence-corrected chi connectivity index (χ4v) is 3.80. The summed E-state index contributed by atoms with van der Waals surface area (Å²) in [4.78, 5) is 12.7. The second kappa shape index (κ2) is 6.69. The van der Waals surface area contributed by atoms with Gasteiger partial charge in [-0.25, -0.2) is 8.42 Å². The van der Waals surface area contributed by atoms with Crippen LogP contribution >= 0.6 is 11.6 Å². The molecule has 0 saturated heterocycles. The Morgan fingerprint density at radius 3 is 2.36 bits per heavy atom. The van der Waals surface area contributed by atoms with Crippen molar-refractivity contribution in [2.24, 2.45) is 0 Å². The predicted octanol–water partition coefficient (Wildman–Crippen LogP) is 3.52. The number of rotatable bonds is 5. The Kier molecular flexibility index (Phi) is 4.75. The molecule has 0 spiro atoms. The van der Waals surface area contributed by atoms with E-state index < -0.39 is 10.0 Å². The molecule has 0 unspecified atom stereocenters. The summed E-state index contributed by atoms with van der Waals surface area (Å²) in [6.45, 7) is 0. The summed E-state index contributed by atoms with van der Waals surface area (Å²) in [7, 11) is -3.48. The molecule has 1 fully saturated rings. The third kappa shape index (κ3) is 3.96. The van der Waals surface area contributed by atoms with Gasteiger partial charge in [0.25, 0.3) is 5.91 Å². The van der Waals surface area contributed by atoms with Crippen LogP contribution in [0.15, 0.2) is 48.5 Å². The van der Waals surface area contributed by atoms with Crippen LogP contribution in [0.5, 0.6) is 0 Å². The van der Waals surface area contributed by atoms with Crippen LogP contribution in [0.4, 0.5) is 5.69 Å². The quantitative estimate of drug-likeness (QED) is 0.835. The molecule has 1 saturated carbocycles. The average Bonchev–Trinajstić information content (AvgIpc) is 2.52. The first kappa shape index (κ1) is 17.8. The number of nitrogens with one attached hydrogen (secondary N) is 2. The molecule has 2 aromatic carbocycles. The fraction of sp³-hybridized carbons (Fsp3) is 0.278. The molecule has 7 heteroatoms. The Labute approximate surface area is 152 Å². The number of hydrogen-bond acceptors (Lipinski definition) is 3. The van der Waals surface area contributed by atoms with Crippen LogP contribution in [0.3, 0.4) is 0 Å². The lowest BCUT2D eigenvalue weighted by atomic mass is 9.71. The van der Waals surface area contributed by atoms with Crippen LogP contribution < -0.4 is 10.0 Å². The Morgan fingerprint density at radius 2 is 1.80 bits per heavy atom. The van der Waals surface area contributed by atoms with Crippen LogP contribution in [0.1, 0.15) is 35.2 Å². The lowest BCUT2D eigenvalue weighted by Crippen LogP contribution is -2.50. The molecule has 132 valence electrons. The van der Waals surface area contributed by atoms with Crippen molar-refractivity contribution in [3.05, 3.63) is 64.7 Å². The molecule has 1 amide bonds. The largest absolute Gasteiger partial charge is 0.343 e. The average molecular weight is 379 g/mol. The lowest BCUT2D eigenvalue weighted by Gasteiger charge is -2.43. The van der Waals surface area contributed by atoms with Gasteiger partial charge in [-0.05, 0) is 43.0 Å². The Bertz CT molecular complexity index is 894. The lowest BCUT2D eigenvalue weighted by molar-refractivity contribution is 0.0823. The highest BCUT2D eigenvalue weighted by atomic mass is 35.5. The first-order chi connectivity index (χ1) is 11.8. The number of amides is 1. The predicted molar refractivity (Wildman–Crippen MR) is 99.4 cm³/mol. The number of carbonyl (C=O) groups excluding carboxylic acids is 1. The van der Waals surface area contributed by atoms with Gasteiger partial charge in [0.15, 0.2) is 0 Å². The summed E-state index contributed by atoms with van der Waals surface area (Å²) in [5, 5.41) is 3.35. The molecule has 2 aromatic rings. The van der Waals surface area contributed by atoms with Gasteiger partial charge in [0.05, 0.1) is 22.5 Å². The smallest absolute Gasteiger partial charge is 0.252 e. The first-order valence-corrected chi connectivity index (χ1v) is 10.2. The van der Waals surface area contributed by atoms with Crippen molar-refractivity contribution in [3.63, 3.8) is 0 Å². The molecule has 0 aromatic heterocycles. The van der Waals surface area contributed by atoms with E-state index in [0.29, 0.717) is 5.56 Å². The van der Waals surface area contributed by atoms with Crippen LogP contribution in [-0.4, -0.2) is 20.6 Å². The maximum Gasteiger partial charge on any atom is 0.252 e. The normalized spacial score (nSPS) is 15.9. The highest BCUT2D eigenvalue weighted by molar-refractivity contribution is 7.92. The third-order valence-electron chi connectivity index (χ3n) is 4.41. The molecule has 0 radical (unpaired) electrons. The molecule has 3 rings (SSSR count). The summed E-state index contributed by atoms with van der Waals surface area (Å²) in [5.74, 6) is -0.253. The number of carbonyl (C=O) groups is 1. The van der Waals surface area contributed by atoms with E-state index in [1.54, 1.807) is 6.07 Å². The molecule has 0 atom stereocenters. The monoisotopic (exact) mass is 378 g/mol. The van der Waals surface area contributed by atoms with E-state index in [9.17, 15) is 13.2 Å². The van der Waals surface area contributed by atoms with Crippen molar-refractivity contribution in [1.82, 2.24) is 5.32 Å². The van der Waals surface area contributed by atoms with E-state index >= 15 is 0 Å². The van der Waals surface area contributed by atoms with Crippen molar-refractivity contribution in [1.29, 1.82) is 0 Å². The highest BCUT2D eigenvalue weighted by Crippen LogP contribution is 2.41. The van der Waals surface area contributed by atoms with E-state index in [1.807, 2.05) is 30.3 Å². The summed E-state index contributed by atoms with van der Waals surface area (Å²) in [6.07, 6.45) is 3.85. The van der Waals surface area contributed by atoms with E-state index in [2.05, 4.69) is 10.0 Å². The van der Waals surface area contributed by atoms with E-state index in [0.717, 1.165) is 31.1 Å². The van der Waals surface area contributed by atoms with Crippen molar-refractivity contribution < 1.29 is 13.2 Å². The molecule has 25 heavy (non-hydrogen) atoms. The zero-order valence-corrected chi connectivity index (χ0v) is 15.3. The first-order valence-electron chi connectivity index (χ1n) is 7.94. The van der Waals surface area contributed by atoms with Crippen molar-refractivity contribution in [3.8, 4) is 0 Å². The summed E-state index contributed by atoms with van der Waals surface area (Å²) < 4.78 is 25.2. The number of anilines is 1. The number of halogens is 1. The number of benzene rings is 2. The topological polar surface area (TPSA) is 75.3 Å². The zero-order valence-electron chi connectivity index (χ0n) is 13.8. The molecular weight excluding hydrogens is 360 g/mol. The van der Waals surface area contributed by atoms with Crippen molar-refractivity contribution in [2.45, 2.75) is 24.8 Å². The highest BCUT2D eigenvalue weighted by Gasteiger charge is 2.40. The van der Waals surface area contributed by atoms with E-state index in [-0.39, 0.29) is 22.2 Å². The van der Waals surface area contributed by atoms with Gasteiger partial charge in [-0.15, -0.1) is 0 Å². The van der Waals surface area contributed by atoms with Crippen LogP contribution in [0, 0.1) is 0 Å². The van der Waals surface area contributed by atoms with Gasteiger partial charge < -0.3 is 5.32 Å². The molecule has 5 nitrogen and oxygen atoms in total. The molecule has 1 aliphatic carbocycles. The van der Waals surface area contributed by atoms with Crippen LogP contribution in [0.25, 0.3) is 0 Å². The van der Waals surface area contributed by atoms with Gasteiger partial charge in [0.2, 0.25) is 10.0 Å². The van der Waals surface area contributed by atoms with Gasteiger partial charge in [-0.1, -0.05) is 41.9 Å². The van der Waals surface area contributed by atoms with Crippen molar-refractivity contribution in [2.75, 3.05) is 11.0 Å². The molecular formula is C18H19ClN2O3S. The van der Waals surface area contributed by atoms with Gasteiger partial charge in [-0.2, -0.15) is 0 Å². The van der Waals surface area contributed by atoms with Gasteiger partial charge >= 0.3 is 0 Å². The van der Waals surface area contributed by atoms with Gasteiger partial charge in [0.1, 0.15) is 0 Å². The minimum absolute atomic E-state index is 0.194. The van der Waals surface area contributed by atoms with Gasteiger partial charge in [-0.3, -0.25) is 9.52 Å². The number of sulfonamides is 1. The standard InChI is InChI=1S/C18H19ClN2O3S/c1-25(23,24)21-16-12-13(8-9-15(16)19)17(22)20-18(10-5-11-18)14-6-3-2-4-7-14/h2-4,6-9,12,21H,5,10-11H2,1H3,(H,20,22). The summed E-state index contributed by atoms with van der Waals surface area (Å²) in [5.41, 5.74) is 1.28. The van der Waals surface area contributed by atoms with Crippen LogP contribution in [-0.2, 0) is 15.6 Å². The minimum Gasteiger partial charge on any atom is -0.343 e. The Hall–Kier alpha value is -2.05. The second-order valence-corrected chi connectivity index (χ2v) is 8.48. The number of hydrogen-bond donors (Lipinski definition) is 2. The third-order valence-corrected chi connectivity index (χ3v) is 5.33. The molecule has 0 aliphatic heterocycles. The summed E-state index contributed by atoms with van der Waals surface area (Å²) >= 11 is 6.02. The van der Waals surface area contributed by atoms with E-state index in [1.165, 1.54) is 12.1 Å². The van der Waals surface area contributed by atoms with Gasteiger partial charge in [0, 0.05) is 5.56 Å². The summed E-state index contributed by atoms with van der Waals surface area (Å²) in [6, 6.07) is 14.4. The zero-order chi connectivity index (χ0) is 18.1. The van der Waals surface area contributed by atoms with E-state index in [4.69, 9.17) is 11.6 Å². The molecule has 0 heterocycles. The maximum absolute atomic E-state index is 12.7. The molecule has 2 N–H and O–H groups in total. The minimum atomic E-state index is -3.48.